The van der Waals surface area contributed by atoms with Crippen molar-refractivity contribution >= 4 is 23.2 Å². The third kappa shape index (κ3) is 3.02. The standard InChI is InChI=1S/C17H18ClNO/c1-11-7-6-9-14(12(11)2)17(20)19-16-10-5-4-8-15(16)13(3)18/h4-10,13H,1-3H3,(H,19,20). The summed E-state index contributed by atoms with van der Waals surface area (Å²) in [5, 5.41) is 2.80. The number of benzene rings is 2. The number of nitrogens with one attached hydrogen (secondary N) is 1. The fourth-order valence-electron chi connectivity index (χ4n) is 2.14. The maximum absolute atomic E-state index is 12.4. The number of carbonyl (C=O) groups excluding carboxylic acids is 1. The highest BCUT2D eigenvalue weighted by atomic mass is 35.5. The van der Waals surface area contributed by atoms with Gasteiger partial charge in [-0.3, -0.25) is 4.79 Å². The van der Waals surface area contributed by atoms with Crippen molar-refractivity contribution in [2.75, 3.05) is 5.32 Å². The number of halogens is 1. The molecule has 0 saturated heterocycles. The summed E-state index contributed by atoms with van der Waals surface area (Å²) in [7, 11) is 0. The Morgan fingerprint density at radius 3 is 2.50 bits per heavy atom. The molecule has 2 aromatic rings. The van der Waals surface area contributed by atoms with Crippen LogP contribution in [-0.4, -0.2) is 5.91 Å². The van der Waals surface area contributed by atoms with E-state index < -0.39 is 0 Å². The molecule has 0 spiro atoms. The van der Waals surface area contributed by atoms with Crippen LogP contribution >= 0.6 is 11.6 Å². The van der Waals surface area contributed by atoms with Crippen molar-refractivity contribution < 1.29 is 4.79 Å². The van der Waals surface area contributed by atoms with Gasteiger partial charge in [-0.15, -0.1) is 11.6 Å². The minimum absolute atomic E-state index is 0.101. The van der Waals surface area contributed by atoms with Crippen molar-refractivity contribution in [2.24, 2.45) is 0 Å². The zero-order chi connectivity index (χ0) is 14.7. The number of anilines is 1. The molecule has 1 unspecified atom stereocenters. The van der Waals surface area contributed by atoms with Crippen LogP contribution < -0.4 is 5.32 Å². The highest BCUT2D eigenvalue weighted by molar-refractivity contribution is 6.21. The molecule has 0 radical (unpaired) electrons. The molecule has 2 aromatic carbocycles. The summed E-state index contributed by atoms with van der Waals surface area (Å²) in [5.74, 6) is -0.101. The molecule has 1 atom stereocenters. The average Bonchev–Trinajstić information content (AvgIpc) is 2.42. The van der Waals surface area contributed by atoms with Gasteiger partial charge in [0.25, 0.3) is 5.91 Å². The molecule has 2 nitrogen and oxygen atoms in total. The van der Waals surface area contributed by atoms with E-state index in [0.29, 0.717) is 5.56 Å². The number of alkyl halides is 1. The molecule has 104 valence electrons. The van der Waals surface area contributed by atoms with Crippen molar-refractivity contribution in [3.63, 3.8) is 0 Å². The molecule has 3 heteroatoms. The average molecular weight is 288 g/mol. The Morgan fingerprint density at radius 2 is 1.80 bits per heavy atom. The van der Waals surface area contributed by atoms with Crippen molar-refractivity contribution in [2.45, 2.75) is 26.1 Å². The Morgan fingerprint density at radius 1 is 1.10 bits per heavy atom. The van der Waals surface area contributed by atoms with Crippen LogP contribution in [0.2, 0.25) is 0 Å². The van der Waals surface area contributed by atoms with Gasteiger partial charge in [0.2, 0.25) is 0 Å². The third-order valence-electron chi connectivity index (χ3n) is 3.49. The molecule has 0 aliphatic heterocycles. The molecule has 0 fully saturated rings. The normalized spacial score (nSPS) is 12.0. The van der Waals surface area contributed by atoms with Crippen molar-refractivity contribution in [1.29, 1.82) is 0 Å². The van der Waals surface area contributed by atoms with Gasteiger partial charge in [0.1, 0.15) is 0 Å². The van der Waals surface area contributed by atoms with Gasteiger partial charge in [-0.1, -0.05) is 30.3 Å². The van der Waals surface area contributed by atoms with Crippen molar-refractivity contribution in [1.82, 2.24) is 0 Å². The smallest absolute Gasteiger partial charge is 0.255 e. The summed E-state index contributed by atoms with van der Waals surface area (Å²) in [6.07, 6.45) is 0. The summed E-state index contributed by atoms with van der Waals surface area (Å²) in [6, 6.07) is 13.3. The predicted octanol–water partition coefficient (Wildman–Crippen LogP) is 4.86. The van der Waals surface area contributed by atoms with Gasteiger partial charge in [0.05, 0.1) is 5.38 Å². The van der Waals surface area contributed by atoms with Crippen LogP contribution in [0.1, 0.15) is 39.3 Å². The first-order valence-electron chi connectivity index (χ1n) is 6.61. The number of rotatable bonds is 3. The summed E-state index contributed by atoms with van der Waals surface area (Å²) in [5.41, 5.74) is 4.49. The lowest BCUT2D eigenvalue weighted by Gasteiger charge is -2.14. The molecule has 20 heavy (non-hydrogen) atoms. The summed E-state index contributed by atoms with van der Waals surface area (Å²) in [6.45, 7) is 5.85. The van der Waals surface area contributed by atoms with Gasteiger partial charge in [0, 0.05) is 11.3 Å². The maximum Gasteiger partial charge on any atom is 0.255 e. The number of hydrogen-bond donors (Lipinski definition) is 1. The SMILES string of the molecule is Cc1cccc(C(=O)Nc2ccccc2C(C)Cl)c1C. The van der Waals surface area contributed by atoms with Crippen LogP contribution in [0.25, 0.3) is 0 Å². The molecule has 1 N–H and O–H groups in total. The Balaban J connectivity index is 2.31. The third-order valence-corrected chi connectivity index (χ3v) is 3.72. The topological polar surface area (TPSA) is 29.1 Å². The van der Waals surface area contributed by atoms with E-state index in [1.807, 2.05) is 63.2 Å². The highest BCUT2D eigenvalue weighted by Crippen LogP contribution is 2.27. The molecule has 0 aliphatic carbocycles. The van der Waals surface area contributed by atoms with E-state index in [1.54, 1.807) is 0 Å². The van der Waals surface area contributed by atoms with Crippen LogP contribution in [-0.2, 0) is 0 Å². The Bertz CT molecular complexity index is 635. The number of hydrogen-bond acceptors (Lipinski definition) is 1. The minimum atomic E-state index is -0.148. The van der Waals surface area contributed by atoms with Gasteiger partial charge in [0.15, 0.2) is 0 Å². The zero-order valence-electron chi connectivity index (χ0n) is 11.9. The highest BCUT2D eigenvalue weighted by Gasteiger charge is 2.13. The van der Waals surface area contributed by atoms with Crippen molar-refractivity contribution in [3.05, 3.63) is 64.7 Å². The second-order valence-corrected chi connectivity index (χ2v) is 5.56. The van der Waals surface area contributed by atoms with E-state index in [4.69, 9.17) is 11.6 Å². The lowest BCUT2D eigenvalue weighted by Crippen LogP contribution is -2.15. The number of amides is 1. The fraction of sp³-hybridized carbons (Fsp3) is 0.235. The zero-order valence-corrected chi connectivity index (χ0v) is 12.7. The van der Waals surface area contributed by atoms with Gasteiger partial charge < -0.3 is 5.32 Å². The van der Waals surface area contributed by atoms with Gasteiger partial charge in [-0.25, -0.2) is 0 Å². The number of carbonyl (C=O) groups is 1. The summed E-state index contributed by atoms with van der Waals surface area (Å²) < 4.78 is 0. The monoisotopic (exact) mass is 287 g/mol. The van der Waals surface area contributed by atoms with Crippen LogP contribution in [0.5, 0.6) is 0 Å². The first-order valence-corrected chi connectivity index (χ1v) is 7.05. The summed E-state index contributed by atoms with van der Waals surface area (Å²) >= 11 is 6.14. The predicted molar refractivity (Wildman–Crippen MR) is 84.6 cm³/mol. The molecule has 2 rings (SSSR count). The molecule has 0 aliphatic rings. The molecule has 0 heterocycles. The lowest BCUT2D eigenvalue weighted by molar-refractivity contribution is 0.102. The largest absolute Gasteiger partial charge is 0.322 e. The second kappa shape index (κ2) is 6.10. The van der Waals surface area contributed by atoms with Gasteiger partial charge in [-0.05, 0) is 49.6 Å². The Kier molecular flexibility index (Phi) is 4.46. The molecular formula is C17H18ClNO. The molecule has 0 saturated carbocycles. The Labute approximate surface area is 124 Å². The maximum atomic E-state index is 12.4. The van der Waals surface area contributed by atoms with E-state index in [-0.39, 0.29) is 11.3 Å². The van der Waals surface area contributed by atoms with Crippen LogP contribution in [0.15, 0.2) is 42.5 Å². The molecular weight excluding hydrogens is 270 g/mol. The van der Waals surface area contributed by atoms with Gasteiger partial charge in [-0.2, -0.15) is 0 Å². The first-order chi connectivity index (χ1) is 9.50. The second-order valence-electron chi connectivity index (χ2n) is 4.90. The van der Waals surface area contributed by atoms with E-state index in [1.165, 1.54) is 0 Å². The van der Waals surface area contributed by atoms with E-state index >= 15 is 0 Å². The molecule has 0 aromatic heterocycles. The van der Waals surface area contributed by atoms with E-state index in [9.17, 15) is 4.79 Å². The minimum Gasteiger partial charge on any atom is -0.322 e. The number of aryl methyl sites for hydroxylation is 1. The fourth-order valence-corrected chi connectivity index (χ4v) is 2.33. The quantitative estimate of drug-likeness (QED) is 0.803. The van der Waals surface area contributed by atoms with E-state index in [2.05, 4.69) is 5.32 Å². The Hall–Kier alpha value is -1.80. The molecule has 1 amide bonds. The summed E-state index contributed by atoms with van der Waals surface area (Å²) in [4.78, 5) is 12.4. The first kappa shape index (κ1) is 14.6. The molecule has 0 bridgehead atoms. The van der Waals surface area contributed by atoms with Crippen LogP contribution in [0.3, 0.4) is 0 Å². The number of para-hydroxylation sites is 1. The van der Waals surface area contributed by atoms with Crippen LogP contribution in [0, 0.1) is 13.8 Å². The van der Waals surface area contributed by atoms with Crippen LogP contribution in [0.4, 0.5) is 5.69 Å². The van der Waals surface area contributed by atoms with E-state index in [0.717, 1.165) is 22.4 Å². The van der Waals surface area contributed by atoms with Crippen molar-refractivity contribution in [3.8, 4) is 0 Å². The van der Waals surface area contributed by atoms with Gasteiger partial charge >= 0.3 is 0 Å². The lowest BCUT2D eigenvalue weighted by atomic mass is 10.0.